The molecule has 1 aromatic carbocycles. The minimum atomic E-state index is 0. The van der Waals surface area contributed by atoms with Crippen molar-refractivity contribution in [2.24, 2.45) is 0 Å². The molecule has 1 heterocycles. The van der Waals surface area contributed by atoms with Gasteiger partial charge in [0.2, 0.25) is 0 Å². The number of nitrogens with zero attached hydrogens (tertiary/aromatic N) is 1. The second kappa shape index (κ2) is 5.89. The molecule has 0 aliphatic carbocycles. The van der Waals surface area contributed by atoms with Crippen LogP contribution in [0.15, 0.2) is 30.0 Å². The van der Waals surface area contributed by atoms with Crippen molar-refractivity contribution in [3.05, 3.63) is 45.6 Å². The molecule has 2 rings (SSSR count). The lowest BCUT2D eigenvalue weighted by Gasteiger charge is -2.22. The van der Waals surface area contributed by atoms with Crippen molar-refractivity contribution in [2.45, 2.75) is 13.0 Å². The fourth-order valence-corrected chi connectivity index (χ4v) is 2.28. The molecule has 2 unspecified atom stereocenters. The van der Waals surface area contributed by atoms with Crippen LogP contribution in [0.1, 0.15) is 18.5 Å². The quantitative estimate of drug-likeness (QED) is 0.630. The number of benzene rings is 1. The Labute approximate surface area is 129 Å². The van der Waals surface area contributed by atoms with Crippen LogP contribution in [0, 0.1) is 0 Å². The molecule has 0 spiro atoms. The maximum absolute atomic E-state index is 6.03. The zero-order chi connectivity index (χ0) is 11.9. The van der Waals surface area contributed by atoms with E-state index in [0.717, 1.165) is 0 Å². The summed E-state index contributed by atoms with van der Waals surface area (Å²) in [5.41, 5.74) is 2.49. The van der Waals surface area contributed by atoms with Crippen LogP contribution in [0.2, 0.25) is 10.0 Å². The summed E-state index contributed by atoms with van der Waals surface area (Å²) >= 11 is 11.9. The van der Waals surface area contributed by atoms with Crippen LogP contribution < -0.4 is 29.0 Å². The molecular weight excluding hydrogens is 370 g/mol. The molecule has 2 atom stereocenters. The lowest BCUT2D eigenvalue weighted by atomic mass is 10.1. The third kappa shape index (κ3) is 2.96. The highest BCUT2D eigenvalue weighted by molar-refractivity contribution is 6.42. The van der Waals surface area contributed by atoms with E-state index in [1.807, 2.05) is 18.2 Å². The van der Waals surface area contributed by atoms with Crippen molar-refractivity contribution >= 4 is 23.2 Å². The molecule has 0 bridgehead atoms. The molecule has 1 N–H and O–H groups in total. The minimum absolute atomic E-state index is 0. The standard InChI is InChI=1S/C12H14Cl2N2.HI/c1-8-6-12(16(3)15(8)2)9-4-5-10(13)11(14)7-9;/h4-7,12H,1-3H3;1H. The van der Waals surface area contributed by atoms with E-state index in [-0.39, 0.29) is 30.0 Å². The molecule has 0 fully saturated rings. The highest BCUT2D eigenvalue weighted by atomic mass is 127. The monoisotopic (exact) mass is 384 g/mol. The minimum Gasteiger partial charge on any atom is -1.00 e. The third-order valence-corrected chi connectivity index (χ3v) is 3.95. The van der Waals surface area contributed by atoms with Gasteiger partial charge in [-0.25, -0.2) is 5.01 Å². The molecular formula is C12H15Cl2IN2. The van der Waals surface area contributed by atoms with Crippen molar-refractivity contribution in [1.82, 2.24) is 5.01 Å². The van der Waals surface area contributed by atoms with Gasteiger partial charge in [0, 0.05) is 20.0 Å². The lowest BCUT2D eigenvalue weighted by Crippen LogP contribution is -3.11. The van der Waals surface area contributed by atoms with Gasteiger partial charge in [0.05, 0.1) is 17.1 Å². The zero-order valence-corrected chi connectivity index (χ0v) is 13.6. The summed E-state index contributed by atoms with van der Waals surface area (Å²) in [6.45, 7) is 2.13. The van der Waals surface area contributed by atoms with E-state index < -0.39 is 0 Å². The topological polar surface area (TPSA) is 7.68 Å². The van der Waals surface area contributed by atoms with Crippen LogP contribution in [0.25, 0.3) is 0 Å². The average molecular weight is 385 g/mol. The van der Waals surface area contributed by atoms with Gasteiger partial charge in [0.25, 0.3) is 0 Å². The fourth-order valence-electron chi connectivity index (χ4n) is 1.97. The number of halogens is 3. The summed E-state index contributed by atoms with van der Waals surface area (Å²) in [6.07, 6.45) is 2.24. The molecule has 1 aliphatic heterocycles. The van der Waals surface area contributed by atoms with Crippen molar-refractivity contribution in [2.75, 3.05) is 14.1 Å². The van der Waals surface area contributed by atoms with Gasteiger partial charge in [-0.2, -0.15) is 0 Å². The summed E-state index contributed by atoms with van der Waals surface area (Å²) in [5.74, 6) is 0. The Bertz CT molecular complexity index is 448. The van der Waals surface area contributed by atoms with Crippen molar-refractivity contribution in [3.8, 4) is 0 Å². The Balaban J connectivity index is 0.00000144. The van der Waals surface area contributed by atoms with Gasteiger partial charge in [-0.15, -0.1) is 5.01 Å². The zero-order valence-electron chi connectivity index (χ0n) is 9.97. The van der Waals surface area contributed by atoms with Gasteiger partial charge in [-0.05, 0) is 17.7 Å². The maximum Gasteiger partial charge on any atom is 0.121 e. The Hall–Kier alpha value is 0.190. The molecule has 94 valence electrons. The maximum atomic E-state index is 6.03. The Morgan fingerprint density at radius 2 is 1.88 bits per heavy atom. The van der Waals surface area contributed by atoms with Crippen LogP contribution in [0.3, 0.4) is 0 Å². The largest absolute Gasteiger partial charge is 1.00 e. The number of rotatable bonds is 1. The predicted octanol–water partition coefficient (Wildman–Crippen LogP) is -0.683. The van der Waals surface area contributed by atoms with Crippen LogP contribution >= 0.6 is 23.2 Å². The van der Waals surface area contributed by atoms with E-state index in [9.17, 15) is 0 Å². The first-order chi connectivity index (χ1) is 7.50. The molecule has 0 radical (unpaired) electrons. The van der Waals surface area contributed by atoms with Crippen LogP contribution in [0.4, 0.5) is 0 Å². The van der Waals surface area contributed by atoms with Crippen molar-refractivity contribution < 1.29 is 29.0 Å². The fraction of sp³-hybridized carbons (Fsp3) is 0.333. The van der Waals surface area contributed by atoms with E-state index >= 15 is 0 Å². The molecule has 5 heteroatoms. The highest BCUT2D eigenvalue weighted by Crippen LogP contribution is 2.29. The first-order valence-corrected chi connectivity index (χ1v) is 5.96. The van der Waals surface area contributed by atoms with Gasteiger partial charge in [-0.1, -0.05) is 29.3 Å². The number of hydrogen-bond donors (Lipinski definition) is 1. The number of nitrogens with one attached hydrogen (secondary N) is 1. The number of allylic oxidation sites excluding steroid dienone is 1. The van der Waals surface area contributed by atoms with Gasteiger partial charge >= 0.3 is 0 Å². The van der Waals surface area contributed by atoms with Gasteiger partial charge in [-0.3, -0.25) is 0 Å². The summed E-state index contributed by atoms with van der Waals surface area (Å²) in [4.78, 5) is 0. The summed E-state index contributed by atoms with van der Waals surface area (Å²) in [7, 11) is 4.22. The Morgan fingerprint density at radius 1 is 1.24 bits per heavy atom. The third-order valence-electron chi connectivity index (χ3n) is 3.21. The molecule has 1 aromatic rings. The Kier molecular flexibility index (Phi) is 5.28. The SMILES string of the molecule is CC1=CC(c2ccc(Cl)c(Cl)c2)N(C)[NH+]1C.[I-]. The van der Waals surface area contributed by atoms with Gasteiger partial charge < -0.3 is 24.0 Å². The highest BCUT2D eigenvalue weighted by Gasteiger charge is 2.30. The van der Waals surface area contributed by atoms with E-state index in [1.54, 1.807) is 0 Å². The second-order valence-corrected chi connectivity index (χ2v) is 4.98. The van der Waals surface area contributed by atoms with Gasteiger partial charge in [0.15, 0.2) is 0 Å². The summed E-state index contributed by atoms with van der Waals surface area (Å²) in [6, 6.07) is 6.09. The average Bonchev–Trinajstić information content (AvgIpc) is 2.50. The molecule has 0 aromatic heterocycles. The normalized spacial score (nSPS) is 24.4. The van der Waals surface area contributed by atoms with Gasteiger partial charge in [0.1, 0.15) is 11.7 Å². The van der Waals surface area contributed by atoms with E-state index in [1.165, 1.54) is 16.3 Å². The van der Waals surface area contributed by atoms with Crippen LogP contribution in [-0.4, -0.2) is 19.1 Å². The number of hydrogen-bond acceptors (Lipinski definition) is 1. The van der Waals surface area contributed by atoms with E-state index in [0.29, 0.717) is 10.0 Å². The van der Waals surface area contributed by atoms with Crippen molar-refractivity contribution in [3.63, 3.8) is 0 Å². The van der Waals surface area contributed by atoms with Crippen LogP contribution in [-0.2, 0) is 0 Å². The van der Waals surface area contributed by atoms with E-state index in [4.69, 9.17) is 23.2 Å². The molecule has 1 aliphatic rings. The molecule has 2 nitrogen and oxygen atoms in total. The van der Waals surface area contributed by atoms with Crippen molar-refractivity contribution in [1.29, 1.82) is 0 Å². The van der Waals surface area contributed by atoms with E-state index in [2.05, 4.69) is 32.1 Å². The Morgan fingerprint density at radius 3 is 2.35 bits per heavy atom. The summed E-state index contributed by atoms with van der Waals surface area (Å²) in [5, 5.41) is 4.77. The molecule has 17 heavy (non-hydrogen) atoms. The number of quaternary nitrogens is 1. The second-order valence-electron chi connectivity index (χ2n) is 4.16. The first kappa shape index (κ1) is 15.2. The predicted molar refractivity (Wildman–Crippen MR) is 67.6 cm³/mol. The molecule has 0 saturated heterocycles. The smallest absolute Gasteiger partial charge is 0.121 e. The number of likely N-dealkylation sites (N-methyl/N-ethyl adjacent to an activating group) is 1. The van der Waals surface area contributed by atoms with Crippen LogP contribution in [0.5, 0.6) is 0 Å². The first-order valence-electron chi connectivity index (χ1n) is 5.21. The lowest BCUT2D eigenvalue weighted by molar-refractivity contribution is -0.958. The molecule has 0 saturated carbocycles. The molecule has 0 amide bonds. The summed E-state index contributed by atoms with van der Waals surface area (Å²) < 4.78 is 0.